The van der Waals surface area contributed by atoms with Gasteiger partial charge < -0.3 is 28.5 Å². The van der Waals surface area contributed by atoms with E-state index >= 15 is 0 Å². The maximum Gasteiger partial charge on any atom is 0.306 e. The van der Waals surface area contributed by atoms with Gasteiger partial charge in [-0.25, -0.2) is 0 Å². The van der Waals surface area contributed by atoms with Crippen molar-refractivity contribution in [1.82, 2.24) is 5.32 Å². The van der Waals surface area contributed by atoms with Gasteiger partial charge in [-0.05, 0) is 57.4 Å². The second-order valence-corrected chi connectivity index (χ2v) is 22.9. The van der Waals surface area contributed by atoms with Crippen LogP contribution in [-0.4, -0.2) is 69.4 Å². The van der Waals surface area contributed by atoms with Crippen LogP contribution < -0.4 is 10.2 Å². The van der Waals surface area contributed by atoms with Crippen molar-refractivity contribution in [3.05, 3.63) is 24.3 Å². The molecule has 0 aromatic carbocycles. The Hall–Kier alpha value is -1.51. The van der Waals surface area contributed by atoms with Crippen molar-refractivity contribution < 1.29 is 37.3 Å². The molecular weight excluding hydrogens is 880 g/mol. The van der Waals surface area contributed by atoms with Crippen molar-refractivity contribution in [1.29, 1.82) is 0 Å². The molecule has 1 N–H and O–H groups in total. The summed E-state index contributed by atoms with van der Waals surface area (Å²) in [6, 6.07) is -0.881. The number of amides is 1. The lowest BCUT2D eigenvalue weighted by molar-refractivity contribution is -0.870. The van der Waals surface area contributed by atoms with E-state index in [1.807, 2.05) is 33.3 Å². The Labute approximate surface area is 428 Å². The minimum Gasteiger partial charge on any atom is -0.756 e. The molecule has 0 aromatic rings. The zero-order chi connectivity index (χ0) is 50.8. The molecule has 69 heavy (non-hydrogen) atoms. The van der Waals surface area contributed by atoms with Gasteiger partial charge in [-0.15, -0.1) is 0 Å². The summed E-state index contributed by atoms with van der Waals surface area (Å²) in [6.07, 6.45) is 57.2. The molecule has 9 nitrogen and oxygen atoms in total. The normalized spacial score (nSPS) is 13.9. The molecule has 0 aromatic heterocycles. The number of nitrogens with zero attached hydrogens (tertiary/aromatic N) is 1. The van der Waals surface area contributed by atoms with Gasteiger partial charge in [0.05, 0.1) is 33.8 Å². The maximum absolute atomic E-state index is 13.5. The molecule has 0 spiro atoms. The monoisotopic (exact) mass is 995 g/mol. The van der Waals surface area contributed by atoms with E-state index in [0.717, 1.165) is 57.8 Å². The molecule has 408 valence electrons. The van der Waals surface area contributed by atoms with Gasteiger partial charge in [0.2, 0.25) is 5.91 Å². The summed E-state index contributed by atoms with van der Waals surface area (Å²) in [5.41, 5.74) is 0. The fourth-order valence-electron chi connectivity index (χ4n) is 8.75. The fourth-order valence-corrected chi connectivity index (χ4v) is 9.48. The molecule has 3 unspecified atom stereocenters. The Morgan fingerprint density at radius 1 is 0.493 bits per heavy atom. The molecule has 0 saturated heterocycles. The van der Waals surface area contributed by atoms with Gasteiger partial charge in [0.1, 0.15) is 19.3 Å². The summed E-state index contributed by atoms with van der Waals surface area (Å²) in [5, 5.41) is 3.02. The maximum atomic E-state index is 13.5. The number of carbonyl (C=O) groups excluding carboxylic acids is 2. The van der Waals surface area contributed by atoms with Gasteiger partial charge >= 0.3 is 5.97 Å². The summed E-state index contributed by atoms with van der Waals surface area (Å²) in [7, 11) is 1.20. The number of esters is 1. The van der Waals surface area contributed by atoms with E-state index in [-0.39, 0.29) is 31.5 Å². The third-order valence-electron chi connectivity index (χ3n) is 13.4. The molecular formula is C59H115N2O7P. The number of carbonyl (C=O) groups is 2. The van der Waals surface area contributed by atoms with Gasteiger partial charge in [0.25, 0.3) is 7.82 Å². The summed E-state index contributed by atoms with van der Waals surface area (Å²) in [5.74, 6) is -0.531. The smallest absolute Gasteiger partial charge is 0.306 e. The molecule has 0 radical (unpaired) electrons. The van der Waals surface area contributed by atoms with Crippen LogP contribution in [0.3, 0.4) is 0 Å². The van der Waals surface area contributed by atoms with Crippen molar-refractivity contribution in [2.45, 2.75) is 303 Å². The number of phosphoric acid groups is 1. The highest BCUT2D eigenvalue weighted by Crippen LogP contribution is 2.38. The molecule has 0 aliphatic rings. The van der Waals surface area contributed by atoms with E-state index in [9.17, 15) is 19.0 Å². The zero-order valence-electron chi connectivity index (χ0n) is 46.5. The molecule has 0 saturated carbocycles. The predicted molar refractivity (Wildman–Crippen MR) is 293 cm³/mol. The van der Waals surface area contributed by atoms with E-state index in [1.165, 1.54) is 199 Å². The minimum atomic E-state index is -4.69. The molecule has 0 aliphatic carbocycles. The molecule has 0 fully saturated rings. The number of hydrogen-bond donors (Lipinski definition) is 1. The van der Waals surface area contributed by atoms with Crippen molar-refractivity contribution >= 4 is 19.7 Å². The van der Waals surface area contributed by atoms with E-state index < -0.39 is 20.0 Å². The number of likely N-dealkylation sites (N-methyl/N-ethyl adjacent to an activating group) is 1. The Morgan fingerprint density at radius 2 is 0.841 bits per heavy atom. The molecule has 0 rings (SSSR count). The zero-order valence-corrected chi connectivity index (χ0v) is 47.4. The highest BCUT2D eigenvalue weighted by atomic mass is 31.2. The molecule has 3 atom stereocenters. The van der Waals surface area contributed by atoms with Gasteiger partial charge in [0.15, 0.2) is 0 Å². The largest absolute Gasteiger partial charge is 0.756 e. The highest BCUT2D eigenvalue weighted by Gasteiger charge is 2.27. The standard InChI is InChI=1S/C59H115N2O7P/c1-7-10-13-16-19-22-25-26-27-28-29-30-31-32-33-34-37-39-42-45-48-51-58(62)60-56(55-67-69(64,65)66-54-53-61(4,5)6)57(50-47-44-41-38-35-23-20-17-14-11-8-2)68-59(63)52-49-46-43-40-36-24-21-18-15-12-9-3/h26-27,47,50,56-57H,7-25,28-46,48-49,51-55H2,1-6H3,(H-,60,62,64,65)/b27-26+,50-47-. The number of quaternary nitrogens is 1. The topological polar surface area (TPSA) is 114 Å². The fraction of sp³-hybridized carbons (Fsp3) is 0.898. The molecule has 1 amide bonds. The second kappa shape index (κ2) is 50.0. The van der Waals surface area contributed by atoms with E-state index in [4.69, 9.17) is 13.8 Å². The average Bonchev–Trinajstić information content (AvgIpc) is 3.31. The second-order valence-electron chi connectivity index (χ2n) is 21.5. The van der Waals surface area contributed by atoms with Crippen LogP contribution in [0.4, 0.5) is 0 Å². The van der Waals surface area contributed by atoms with Gasteiger partial charge in [-0.3, -0.25) is 14.2 Å². The summed E-state index contributed by atoms with van der Waals surface area (Å²) in [6.45, 7) is 6.85. The van der Waals surface area contributed by atoms with Crippen molar-refractivity contribution in [3.8, 4) is 0 Å². The SMILES string of the molecule is CCCCCCCC/C=C/CCCCCCCCCCCCCC(=O)NC(COP(=O)([O-])OCC[N+](C)(C)C)C(/C=C\CCCCCCCCCCC)OC(=O)CCCCCCCCCCCCC. The quantitative estimate of drug-likeness (QED) is 0.0212. The van der Waals surface area contributed by atoms with Crippen LogP contribution in [0.25, 0.3) is 0 Å². The van der Waals surface area contributed by atoms with Gasteiger partial charge in [-0.2, -0.15) is 0 Å². The number of ether oxygens (including phenoxy) is 1. The molecule has 10 heteroatoms. The number of nitrogens with one attached hydrogen (secondary N) is 1. The molecule has 0 aliphatic heterocycles. The third-order valence-corrected chi connectivity index (χ3v) is 14.3. The minimum absolute atomic E-state index is 0.0190. The lowest BCUT2D eigenvalue weighted by atomic mass is 10.0. The van der Waals surface area contributed by atoms with Crippen LogP contribution in [0, 0.1) is 0 Å². The van der Waals surface area contributed by atoms with Crippen molar-refractivity contribution in [3.63, 3.8) is 0 Å². The van der Waals surface area contributed by atoms with E-state index in [0.29, 0.717) is 17.4 Å². The van der Waals surface area contributed by atoms with Crippen LogP contribution >= 0.6 is 7.82 Å². The van der Waals surface area contributed by atoms with Crippen LogP contribution in [0.2, 0.25) is 0 Å². The lowest BCUT2D eigenvalue weighted by Crippen LogP contribution is -2.47. The van der Waals surface area contributed by atoms with Crippen LogP contribution in [-0.2, 0) is 27.9 Å². The summed E-state index contributed by atoms with van der Waals surface area (Å²) < 4.78 is 30.2. The van der Waals surface area contributed by atoms with Crippen LogP contribution in [0.5, 0.6) is 0 Å². The summed E-state index contributed by atoms with van der Waals surface area (Å²) in [4.78, 5) is 39.8. The van der Waals surface area contributed by atoms with E-state index in [1.54, 1.807) is 0 Å². The number of allylic oxidation sites excluding steroid dienone is 3. The first kappa shape index (κ1) is 67.5. The van der Waals surface area contributed by atoms with Crippen molar-refractivity contribution in [2.24, 2.45) is 0 Å². The van der Waals surface area contributed by atoms with Crippen molar-refractivity contribution in [2.75, 3.05) is 40.9 Å². The molecule has 0 heterocycles. The highest BCUT2D eigenvalue weighted by molar-refractivity contribution is 7.45. The van der Waals surface area contributed by atoms with Gasteiger partial charge in [-0.1, -0.05) is 244 Å². The predicted octanol–water partition coefficient (Wildman–Crippen LogP) is 17.1. The van der Waals surface area contributed by atoms with E-state index in [2.05, 4.69) is 38.2 Å². The number of rotatable bonds is 54. The Bertz CT molecular complexity index is 1240. The number of hydrogen-bond acceptors (Lipinski definition) is 7. The summed E-state index contributed by atoms with van der Waals surface area (Å²) >= 11 is 0. The van der Waals surface area contributed by atoms with Crippen LogP contribution in [0.15, 0.2) is 24.3 Å². The third kappa shape index (κ3) is 51.2. The first-order valence-electron chi connectivity index (χ1n) is 29.6. The number of phosphoric ester groups is 1. The molecule has 0 bridgehead atoms. The Balaban J connectivity index is 5.15. The Morgan fingerprint density at radius 3 is 1.23 bits per heavy atom. The first-order valence-corrected chi connectivity index (χ1v) is 31.1. The Kier molecular flexibility index (Phi) is 48.9. The van der Waals surface area contributed by atoms with Gasteiger partial charge in [0, 0.05) is 12.8 Å². The lowest BCUT2D eigenvalue weighted by Gasteiger charge is -2.30. The van der Waals surface area contributed by atoms with Crippen LogP contribution in [0.1, 0.15) is 290 Å². The average molecular weight is 996 g/mol. The first-order chi connectivity index (χ1) is 33.4. The number of unbranched alkanes of at least 4 members (excludes halogenated alkanes) is 36.